The number of aromatic nitrogens is 1. The number of carbonyl (C=O) groups excluding carboxylic acids is 2. The number of aliphatic carboxylic acids is 1. The van der Waals surface area contributed by atoms with Crippen LogP contribution in [0.5, 0.6) is 5.75 Å². The molecule has 7 atom stereocenters. The number of carboxylic acids is 1. The summed E-state index contributed by atoms with van der Waals surface area (Å²) in [6, 6.07) is 8.10. The molecule has 3 heterocycles. The lowest BCUT2D eigenvalue weighted by Crippen LogP contribution is -2.43. The lowest BCUT2D eigenvalue weighted by molar-refractivity contribution is -0.149. The van der Waals surface area contributed by atoms with Gasteiger partial charge in [-0.25, -0.2) is 0 Å². The van der Waals surface area contributed by atoms with E-state index < -0.39 is 24.3 Å². The third-order valence-electron chi connectivity index (χ3n) is 7.92. The maximum Gasteiger partial charge on any atom is 0.323 e. The predicted molar refractivity (Wildman–Crippen MR) is 125 cm³/mol. The molecule has 1 N–H and O–H groups in total. The van der Waals surface area contributed by atoms with Crippen molar-refractivity contribution in [3.05, 3.63) is 38.7 Å². The quantitative estimate of drug-likeness (QED) is 0.506. The smallest absolute Gasteiger partial charge is 0.323 e. The van der Waals surface area contributed by atoms with Crippen LogP contribution in [0.3, 0.4) is 0 Å². The lowest BCUT2D eigenvalue weighted by atomic mass is 9.68. The van der Waals surface area contributed by atoms with Gasteiger partial charge in [-0.3, -0.25) is 19.3 Å². The Morgan fingerprint density at radius 1 is 1.18 bits per heavy atom. The third-order valence-corrected chi connectivity index (χ3v) is 11.3. The van der Waals surface area contributed by atoms with Gasteiger partial charge in [0.2, 0.25) is 11.8 Å². The van der Waals surface area contributed by atoms with Crippen LogP contribution in [0.1, 0.15) is 22.8 Å². The van der Waals surface area contributed by atoms with Crippen molar-refractivity contribution in [2.24, 2.45) is 36.6 Å². The molecule has 1 aromatic carbocycles. The first-order valence-corrected chi connectivity index (χ1v) is 13.0. The van der Waals surface area contributed by atoms with E-state index in [-0.39, 0.29) is 40.7 Å². The Labute approximate surface area is 203 Å². The highest BCUT2D eigenvalue weighted by atomic mass is 32.2. The number of hydrogen-bond acceptors (Lipinski definition) is 7. The number of amides is 2. The summed E-state index contributed by atoms with van der Waals surface area (Å²) in [6.45, 7) is -0.546. The average Bonchev–Trinajstić information content (AvgIpc) is 3.50. The number of methoxy groups -OCH3 is 1. The highest BCUT2D eigenvalue weighted by Crippen LogP contribution is 2.69. The minimum atomic E-state index is -1.15. The highest BCUT2D eigenvalue weighted by molar-refractivity contribution is 8.00. The number of ether oxygens (including phenoxy) is 1. The molecule has 2 aromatic rings. The molecule has 2 saturated carbocycles. The maximum absolute atomic E-state index is 13.2. The van der Waals surface area contributed by atoms with E-state index in [1.54, 1.807) is 30.2 Å². The molecule has 0 radical (unpaired) electrons. The number of thiazole rings is 1. The van der Waals surface area contributed by atoms with Crippen LogP contribution >= 0.6 is 35.3 Å². The SMILES string of the molecule is COc1ccc(C2c3sc(=S)n(C)c3SC3C4CC(C5C(=O)N(CC(=O)O)C(=O)C45)C23)cc1. The number of carbonyl (C=O) groups is 3. The van der Waals surface area contributed by atoms with Crippen LogP contribution in [0, 0.1) is 33.5 Å². The van der Waals surface area contributed by atoms with Gasteiger partial charge >= 0.3 is 5.97 Å². The average molecular weight is 503 g/mol. The van der Waals surface area contributed by atoms with Crippen LogP contribution in [-0.2, 0) is 21.4 Å². The second-order valence-corrected chi connectivity index (χ2v) is 12.1. The normalized spacial score (nSPS) is 33.8. The minimum Gasteiger partial charge on any atom is -0.497 e. The van der Waals surface area contributed by atoms with Gasteiger partial charge in [-0.15, -0.1) is 23.1 Å². The topological polar surface area (TPSA) is 88.8 Å². The summed E-state index contributed by atoms with van der Waals surface area (Å²) in [5.74, 6) is -1.40. The molecular formula is C23H22N2O5S3. The van der Waals surface area contributed by atoms with E-state index in [1.165, 1.54) is 4.88 Å². The first-order valence-electron chi connectivity index (χ1n) is 10.9. The molecule has 2 amide bonds. The summed E-state index contributed by atoms with van der Waals surface area (Å²) in [5.41, 5.74) is 1.16. The molecule has 4 aliphatic rings. The van der Waals surface area contributed by atoms with Crippen molar-refractivity contribution in [2.75, 3.05) is 13.7 Å². The van der Waals surface area contributed by atoms with Gasteiger partial charge in [-0.05, 0) is 54.1 Å². The number of carboxylic acid groups (broad SMARTS) is 1. The van der Waals surface area contributed by atoms with Crippen LogP contribution in [0.4, 0.5) is 0 Å². The molecule has 0 spiro atoms. The van der Waals surface area contributed by atoms with Crippen LogP contribution in [0.25, 0.3) is 0 Å². The zero-order valence-electron chi connectivity index (χ0n) is 18.0. The summed E-state index contributed by atoms with van der Waals surface area (Å²) in [5, 5.41) is 10.6. The second-order valence-electron chi connectivity index (χ2n) is 9.28. The van der Waals surface area contributed by atoms with E-state index in [2.05, 4.69) is 16.7 Å². The number of likely N-dealkylation sites (tertiary alicyclic amines) is 1. The Hall–Kier alpha value is -2.17. The molecule has 6 rings (SSSR count). The highest BCUT2D eigenvalue weighted by Gasteiger charge is 2.69. The molecule has 172 valence electrons. The lowest BCUT2D eigenvalue weighted by Gasteiger charge is -2.43. The Bertz CT molecular complexity index is 1250. The first-order chi connectivity index (χ1) is 15.8. The molecule has 1 saturated heterocycles. The first kappa shape index (κ1) is 21.4. The Morgan fingerprint density at radius 2 is 1.85 bits per heavy atom. The fourth-order valence-electron chi connectivity index (χ4n) is 6.72. The van der Waals surface area contributed by atoms with Gasteiger partial charge in [0.25, 0.3) is 0 Å². The molecule has 2 aliphatic heterocycles. The van der Waals surface area contributed by atoms with Gasteiger partial charge in [0, 0.05) is 23.1 Å². The van der Waals surface area contributed by atoms with Crippen molar-refractivity contribution in [3.8, 4) is 5.75 Å². The van der Waals surface area contributed by atoms with Gasteiger partial charge in [-0.2, -0.15) is 0 Å². The minimum absolute atomic E-state index is 0.0500. The van der Waals surface area contributed by atoms with Crippen LogP contribution < -0.4 is 4.74 Å². The zero-order valence-corrected chi connectivity index (χ0v) is 20.4. The number of fused-ring (bicyclic) bond motifs is 9. The van der Waals surface area contributed by atoms with Gasteiger partial charge in [0.15, 0.2) is 3.95 Å². The van der Waals surface area contributed by atoms with Crippen LogP contribution in [0.15, 0.2) is 29.3 Å². The summed E-state index contributed by atoms with van der Waals surface area (Å²) in [7, 11) is 3.63. The van der Waals surface area contributed by atoms with Crippen LogP contribution in [0.2, 0.25) is 0 Å². The summed E-state index contributed by atoms with van der Waals surface area (Å²) < 4.78 is 8.24. The number of benzene rings is 1. The Balaban J connectivity index is 1.46. The molecule has 1 aromatic heterocycles. The number of rotatable bonds is 4. The monoisotopic (exact) mass is 502 g/mol. The molecule has 10 heteroatoms. The van der Waals surface area contributed by atoms with E-state index >= 15 is 0 Å². The van der Waals surface area contributed by atoms with Crippen LogP contribution in [-0.4, -0.2) is 51.3 Å². The largest absolute Gasteiger partial charge is 0.497 e. The molecule has 2 aliphatic carbocycles. The fraction of sp³-hybridized carbons (Fsp3) is 0.478. The van der Waals surface area contributed by atoms with Crippen molar-refractivity contribution < 1.29 is 24.2 Å². The van der Waals surface area contributed by atoms with Crippen molar-refractivity contribution in [1.82, 2.24) is 9.47 Å². The van der Waals surface area contributed by atoms with E-state index in [1.807, 2.05) is 19.2 Å². The number of imide groups is 1. The summed E-state index contributed by atoms with van der Waals surface area (Å²) in [6.07, 6.45) is 0.835. The van der Waals surface area contributed by atoms with Crippen molar-refractivity contribution in [1.29, 1.82) is 0 Å². The molecule has 2 bridgehead atoms. The Morgan fingerprint density at radius 3 is 2.48 bits per heavy atom. The maximum atomic E-state index is 13.2. The van der Waals surface area contributed by atoms with Crippen molar-refractivity contribution in [2.45, 2.75) is 22.6 Å². The standard InChI is InChI=1S/C23H22N2O5S3/c1-24-22-19(33-23(24)31)14(9-3-5-10(30-2)6-4-9)15-11-7-12(18(15)32-22)17-16(11)20(28)25(21(17)29)8-13(26)27/h3-6,11-12,14-18H,7-8H2,1-2H3,(H,26,27). The van der Waals surface area contributed by atoms with E-state index in [0.717, 1.165) is 31.6 Å². The Kier molecular flexibility index (Phi) is 4.80. The molecular weight excluding hydrogens is 480 g/mol. The zero-order chi connectivity index (χ0) is 23.2. The fourth-order valence-corrected chi connectivity index (χ4v) is 10.2. The summed E-state index contributed by atoms with van der Waals surface area (Å²) in [4.78, 5) is 39.9. The van der Waals surface area contributed by atoms with Crippen molar-refractivity contribution in [3.63, 3.8) is 0 Å². The van der Waals surface area contributed by atoms with Gasteiger partial charge in [-0.1, -0.05) is 12.1 Å². The molecule has 7 unspecified atom stereocenters. The molecule has 7 nitrogen and oxygen atoms in total. The third kappa shape index (κ3) is 2.86. The number of thioether (sulfide) groups is 1. The predicted octanol–water partition coefficient (Wildman–Crippen LogP) is 3.38. The molecule has 33 heavy (non-hydrogen) atoms. The summed E-state index contributed by atoms with van der Waals surface area (Å²) >= 11 is 9.04. The van der Waals surface area contributed by atoms with E-state index in [0.29, 0.717) is 0 Å². The van der Waals surface area contributed by atoms with Gasteiger partial charge < -0.3 is 14.4 Å². The second kappa shape index (κ2) is 7.41. The number of hydrogen-bond donors (Lipinski definition) is 1. The van der Waals surface area contributed by atoms with E-state index in [9.17, 15) is 19.5 Å². The van der Waals surface area contributed by atoms with Crippen molar-refractivity contribution >= 4 is 53.1 Å². The number of nitrogens with zero attached hydrogens (tertiary/aromatic N) is 2. The van der Waals surface area contributed by atoms with Gasteiger partial charge in [0.05, 0.1) is 24.0 Å². The van der Waals surface area contributed by atoms with E-state index in [4.69, 9.17) is 17.0 Å². The van der Waals surface area contributed by atoms with Gasteiger partial charge in [0.1, 0.15) is 12.3 Å². The molecule has 3 fully saturated rings.